The Kier molecular flexibility index (Phi) is 5.25. The number of nitrogens with one attached hydrogen (secondary N) is 1. The van der Waals surface area contributed by atoms with Gasteiger partial charge >= 0.3 is 0 Å². The molecule has 0 amide bonds. The van der Waals surface area contributed by atoms with E-state index < -0.39 is 0 Å². The van der Waals surface area contributed by atoms with Crippen LogP contribution in [0.4, 0.5) is 10.2 Å². The number of aromatic nitrogens is 2. The molecule has 2 N–H and O–H groups in total. The molecular formula is C23H17FN4O. The monoisotopic (exact) mass is 384 g/mol. The molecule has 0 fully saturated rings. The molecule has 5 nitrogen and oxygen atoms in total. The summed E-state index contributed by atoms with van der Waals surface area (Å²) < 4.78 is 13.0. The van der Waals surface area contributed by atoms with Crippen molar-refractivity contribution in [1.29, 1.82) is 0 Å². The topological polar surface area (TPSA) is 70.4 Å². The van der Waals surface area contributed by atoms with E-state index in [9.17, 15) is 9.50 Å². The van der Waals surface area contributed by atoms with Crippen molar-refractivity contribution in [2.45, 2.75) is 0 Å². The zero-order valence-corrected chi connectivity index (χ0v) is 15.3. The summed E-state index contributed by atoms with van der Waals surface area (Å²) in [6.07, 6.45) is 1.57. The van der Waals surface area contributed by atoms with Crippen LogP contribution in [0.15, 0.2) is 90.0 Å². The summed E-state index contributed by atoms with van der Waals surface area (Å²) in [5.74, 6) is 0.642. The number of hydrogen-bond acceptors (Lipinski definition) is 5. The lowest BCUT2D eigenvalue weighted by Crippen LogP contribution is -1.99. The number of anilines is 1. The van der Waals surface area contributed by atoms with Crippen molar-refractivity contribution >= 4 is 12.0 Å². The molecule has 6 heteroatoms. The highest BCUT2D eigenvalue weighted by Gasteiger charge is 2.11. The van der Waals surface area contributed by atoms with Gasteiger partial charge in [0.2, 0.25) is 0 Å². The first kappa shape index (κ1) is 18.3. The predicted octanol–water partition coefficient (Wildman–Crippen LogP) is 5.10. The first-order chi connectivity index (χ1) is 14.2. The summed E-state index contributed by atoms with van der Waals surface area (Å²) in [6.45, 7) is 0. The number of halogens is 1. The largest absolute Gasteiger partial charge is 0.507 e. The minimum absolute atomic E-state index is 0.0958. The highest BCUT2D eigenvalue weighted by Crippen LogP contribution is 2.29. The molecule has 1 aromatic heterocycles. The van der Waals surface area contributed by atoms with Crippen LogP contribution >= 0.6 is 0 Å². The van der Waals surface area contributed by atoms with Gasteiger partial charge in [0.05, 0.1) is 17.5 Å². The van der Waals surface area contributed by atoms with Crippen molar-refractivity contribution in [3.05, 3.63) is 96.3 Å². The van der Waals surface area contributed by atoms with Crippen LogP contribution < -0.4 is 5.43 Å². The smallest absolute Gasteiger partial charge is 0.165 e. The second-order valence-corrected chi connectivity index (χ2v) is 6.27. The molecule has 0 bridgehead atoms. The van der Waals surface area contributed by atoms with Crippen LogP contribution in [0.3, 0.4) is 0 Å². The Morgan fingerprint density at radius 1 is 0.862 bits per heavy atom. The summed E-state index contributed by atoms with van der Waals surface area (Å²) in [7, 11) is 0. The van der Waals surface area contributed by atoms with Gasteiger partial charge in [0, 0.05) is 11.6 Å². The number of para-hydroxylation sites is 1. The molecular weight excluding hydrogens is 367 g/mol. The molecule has 142 valence electrons. The number of phenols is 1. The van der Waals surface area contributed by atoms with Gasteiger partial charge in [-0.2, -0.15) is 5.10 Å². The average molecular weight is 384 g/mol. The standard InChI is InChI=1S/C23H17FN4O/c24-18-12-10-16(11-13-18)15-25-28-22-14-20(17-6-2-1-3-7-17)26-23(27-22)19-8-4-5-9-21(19)29/h1-15,29H,(H,26,27,28). The minimum Gasteiger partial charge on any atom is -0.507 e. The van der Waals surface area contributed by atoms with E-state index in [0.29, 0.717) is 22.9 Å². The van der Waals surface area contributed by atoms with Crippen LogP contribution in [0, 0.1) is 5.82 Å². The van der Waals surface area contributed by atoms with Gasteiger partial charge in [-0.15, -0.1) is 0 Å². The number of rotatable bonds is 5. The summed E-state index contributed by atoms with van der Waals surface area (Å²) in [6, 6.07) is 24.4. The van der Waals surface area contributed by atoms with Crippen molar-refractivity contribution in [1.82, 2.24) is 9.97 Å². The van der Waals surface area contributed by atoms with Crippen molar-refractivity contribution in [2.75, 3.05) is 5.43 Å². The van der Waals surface area contributed by atoms with Gasteiger partial charge in [-0.1, -0.05) is 54.6 Å². The molecule has 0 aliphatic rings. The van der Waals surface area contributed by atoms with Crippen molar-refractivity contribution < 1.29 is 9.50 Å². The highest BCUT2D eigenvalue weighted by molar-refractivity contribution is 5.80. The average Bonchev–Trinajstić information content (AvgIpc) is 2.76. The number of hydrogen-bond donors (Lipinski definition) is 2. The molecule has 4 aromatic rings. The fourth-order valence-electron chi connectivity index (χ4n) is 2.77. The maximum atomic E-state index is 13.0. The molecule has 0 unspecified atom stereocenters. The minimum atomic E-state index is -0.300. The lowest BCUT2D eigenvalue weighted by atomic mass is 10.1. The Hall–Kier alpha value is -4.06. The van der Waals surface area contributed by atoms with Crippen LogP contribution in [0.1, 0.15) is 5.56 Å². The molecule has 4 rings (SSSR count). The summed E-state index contributed by atoms with van der Waals surface area (Å²) in [4.78, 5) is 9.09. The third kappa shape index (κ3) is 4.44. The molecule has 29 heavy (non-hydrogen) atoms. The second kappa shape index (κ2) is 8.31. The van der Waals surface area contributed by atoms with E-state index in [4.69, 9.17) is 0 Å². The van der Waals surface area contributed by atoms with Gasteiger partial charge in [0.25, 0.3) is 0 Å². The van der Waals surface area contributed by atoms with E-state index in [1.807, 2.05) is 36.4 Å². The van der Waals surface area contributed by atoms with Gasteiger partial charge in [0.15, 0.2) is 11.6 Å². The van der Waals surface area contributed by atoms with Crippen molar-refractivity contribution in [3.63, 3.8) is 0 Å². The van der Waals surface area contributed by atoms with E-state index in [1.54, 1.807) is 42.6 Å². The van der Waals surface area contributed by atoms with Gasteiger partial charge in [-0.3, -0.25) is 5.43 Å². The molecule has 1 heterocycles. The first-order valence-electron chi connectivity index (χ1n) is 8.96. The fourth-order valence-corrected chi connectivity index (χ4v) is 2.77. The number of benzene rings is 3. The molecule has 0 aliphatic heterocycles. The Labute approximate surface area is 167 Å². The van der Waals surface area contributed by atoms with Gasteiger partial charge in [-0.25, -0.2) is 14.4 Å². The summed E-state index contributed by atoms with van der Waals surface area (Å²) in [5.41, 5.74) is 5.77. The Bertz CT molecular complexity index is 1150. The van der Waals surface area contributed by atoms with E-state index in [1.165, 1.54) is 12.1 Å². The van der Waals surface area contributed by atoms with Crippen LogP contribution in [-0.2, 0) is 0 Å². The lowest BCUT2D eigenvalue weighted by molar-refractivity contribution is 0.477. The van der Waals surface area contributed by atoms with Crippen LogP contribution in [-0.4, -0.2) is 21.3 Å². The highest BCUT2D eigenvalue weighted by atomic mass is 19.1. The third-order valence-electron chi connectivity index (χ3n) is 4.20. The number of phenolic OH excluding ortho intramolecular Hbond substituents is 1. The molecule has 0 atom stereocenters. The third-order valence-corrected chi connectivity index (χ3v) is 4.20. The molecule has 0 radical (unpaired) electrons. The molecule has 0 saturated heterocycles. The Balaban J connectivity index is 1.70. The second-order valence-electron chi connectivity index (χ2n) is 6.27. The van der Waals surface area contributed by atoms with E-state index in [0.717, 1.165) is 11.1 Å². The van der Waals surface area contributed by atoms with Crippen molar-refractivity contribution in [3.8, 4) is 28.4 Å². The van der Waals surface area contributed by atoms with Crippen LogP contribution in [0.5, 0.6) is 5.75 Å². The molecule has 0 aliphatic carbocycles. The normalized spacial score (nSPS) is 10.9. The summed E-state index contributed by atoms with van der Waals surface area (Å²) in [5, 5.41) is 14.4. The van der Waals surface area contributed by atoms with Gasteiger partial charge < -0.3 is 5.11 Å². The maximum absolute atomic E-state index is 13.0. The van der Waals surface area contributed by atoms with Gasteiger partial charge in [-0.05, 0) is 29.8 Å². The molecule has 0 saturated carbocycles. The van der Waals surface area contributed by atoms with E-state index in [-0.39, 0.29) is 11.6 Å². The Morgan fingerprint density at radius 3 is 2.34 bits per heavy atom. The fraction of sp³-hybridized carbons (Fsp3) is 0. The van der Waals surface area contributed by atoms with Crippen LogP contribution in [0.25, 0.3) is 22.6 Å². The first-order valence-corrected chi connectivity index (χ1v) is 8.96. The molecule has 3 aromatic carbocycles. The number of nitrogens with zero attached hydrogens (tertiary/aromatic N) is 3. The zero-order valence-electron chi connectivity index (χ0n) is 15.3. The molecule has 0 spiro atoms. The van der Waals surface area contributed by atoms with Crippen molar-refractivity contribution in [2.24, 2.45) is 5.10 Å². The van der Waals surface area contributed by atoms with E-state index in [2.05, 4.69) is 20.5 Å². The Morgan fingerprint density at radius 2 is 1.59 bits per heavy atom. The van der Waals surface area contributed by atoms with Crippen LogP contribution in [0.2, 0.25) is 0 Å². The van der Waals surface area contributed by atoms with E-state index >= 15 is 0 Å². The predicted molar refractivity (Wildman–Crippen MR) is 112 cm³/mol. The zero-order chi connectivity index (χ0) is 20.1. The number of aromatic hydroxyl groups is 1. The summed E-state index contributed by atoms with van der Waals surface area (Å²) >= 11 is 0. The lowest BCUT2D eigenvalue weighted by Gasteiger charge is -2.09. The quantitative estimate of drug-likeness (QED) is 0.371. The van der Waals surface area contributed by atoms with Gasteiger partial charge in [0.1, 0.15) is 11.6 Å². The maximum Gasteiger partial charge on any atom is 0.165 e. The SMILES string of the molecule is Oc1ccccc1-c1nc(NN=Cc2ccc(F)cc2)cc(-c2ccccc2)n1. The number of hydrazone groups is 1.